The Morgan fingerprint density at radius 2 is 2.04 bits per heavy atom. The van der Waals surface area contributed by atoms with E-state index in [0.717, 1.165) is 44.4 Å². The zero-order valence-electron chi connectivity index (χ0n) is 14.0. The summed E-state index contributed by atoms with van der Waals surface area (Å²) in [6.45, 7) is 2.39. The SMILES string of the molecule is COC(=O)c1cc(=O)c2ccccc2n1CCCC1CCOCC1. The quantitative estimate of drug-likeness (QED) is 0.791. The number of nitrogens with zero attached hydrogens (tertiary/aromatic N) is 1. The fraction of sp³-hybridized carbons (Fsp3) is 0.474. The summed E-state index contributed by atoms with van der Waals surface area (Å²) in [5.74, 6) is 0.217. The highest BCUT2D eigenvalue weighted by Crippen LogP contribution is 2.22. The van der Waals surface area contributed by atoms with Crippen LogP contribution < -0.4 is 5.43 Å². The normalized spacial score (nSPS) is 15.5. The number of ether oxygens (including phenoxy) is 2. The predicted molar refractivity (Wildman–Crippen MR) is 92.3 cm³/mol. The number of pyridine rings is 1. The second-order valence-electron chi connectivity index (χ2n) is 6.25. The van der Waals surface area contributed by atoms with Gasteiger partial charge in [0.15, 0.2) is 5.43 Å². The number of fused-ring (bicyclic) bond motifs is 1. The van der Waals surface area contributed by atoms with Crippen molar-refractivity contribution in [1.82, 2.24) is 4.57 Å². The molecular weight excluding hydrogens is 306 g/mol. The van der Waals surface area contributed by atoms with E-state index in [9.17, 15) is 9.59 Å². The van der Waals surface area contributed by atoms with E-state index < -0.39 is 5.97 Å². The van der Waals surface area contributed by atoms with Gasteiger partial charge in [0.2, 0.25) is 0 Å². The van der Waals surface area contributed by atoms with E-state index in [4.69, 9.17) is 9.47 Å². The lowest BCUT2D eigenvalue weighted by Crippen LogP contribution is -2.20. The van der Waals surface area contributed by atoms with Gasteiger partial charge in [0.1, 0.15) is 5.69 Å². The molecule has 0 aliphatic carbocycles. The summed E-state index contributed by atoms with van der Waals surface area (Å²) in [6, 6.07) is 8.81. The van der Waals surface area contributed by atoms with Gasteiger partial charge in [-0.1, -0.05) is 12.1 Å². The van der Waals surface area contributed by atoms with Crippen LogP contribution in [0.25, 0.3) is 10.9 Å². The number of esters is 1. The largest absolute Gasteiger partial charge is 0.464 e. The average Bonchev–Trinajstić information content (AvgIpc) is 2.63. The summed E-state index contributed by atoms with van der Waals surface area (Å²) in [5, 5.41) is 0.635. The maximum absolute atomic E-state index is 12.3. The minimum absolute atomic E-state index is 0.147. The Balaban J connectivity index is 1.87. The fourth-order valence-corrected chi connectivity index (χ4v) is 3.41. The monoisotopic (exact) mass is 329 g/mol. The van der Waals surface area contributed by atoms with Crippen molar-refractivity contribution < 1.29 is 14.3 Å². The molecule has 24 heavy (non-hydrogen) atoms. The summed E-state index contributed by atoms with van der Waals surface area (Å²) in [4.78, 5) is 24.4. The summed E-state index contributed by atoms with van der Waals surface area (Å²) in [6.07, 6.45) is 4.27. The average molecular weight is 329 g/mol. The molecule has 1 aliphatic rings. The van der Waals surface area contributed by atoms with Gasteiger partial charge in [-0.05, 0) is 43.7 Å². The van der Waals surface area contributed by atoms with E-state index in [0.29, 0.717) is 23.5 Å². The molecule has 128 valence electrons. The summed E-state index contributed by atoms with van der Waals surface area (Å²) >= 11 is 0. The van der Waals surface area contributed by atoms with Gasteiger partial charge in [-0.2, -0.15) is 0 Å². The summed E-state index contributed by atoms with van der Waals surface area (Å²) in [7, 11) is 1.34. The maximum Gasteiger partial charge on any atom is 0.354 e. The zero-order valence-corrected chi connectivity index (χ0v) is 14.0. The van der Waals surface area contributed by atoms with Crippen molar-refractivity contribution in [3.8, 4) is 0 Å². The van der Waals surface area contributed by atoms with Crippen molar-refractivity contribution in [2.75, 3.05) is 20.3 Å². The topological polar surface area (TPSA) is 57.5 Å². The number of rotatable bonds is 5. The van der Waals surface area contributed by atoms with Crippen molar-refractivity contribution in [1.29, 1.82) is 0 Å². The highest BCUT2D eigenvalue weighted by atomic mass is 16.5. The molecule has 0 atom stereocenters. The Hall–Kier alpha value is -2.14. The maximum atomic E-state index is 12.3. The van der Waals surface area contributed by atoms with Crippen LogP contribution in [0.3, 0.4) is 0 Å². The number of aryl methyl sites for hydroxylation is 1. The Morgan fingerprint density at radius 1 is 1.29 bits per heavy atom. The molecule has 0 radical (unpaired) electrons. The Labute approximate surface area is 141 Å². The van der Waals surface area contributed by atoms with Crippen molar-refractivity contribution in [3.63, 3.8) is 0 Å². The van der Waals surface area contributed by atoms with Gasteiger partial charge in [0.25, 0.3) is 0 Å². The van der Waals surface area contributed by atoms with Crippen LogP contribution in [0.5, 0.6) is 0 Å². The third-order valence-corrected chi connectivity index (χ3v) is 4.75. The summed E-state index contributed by atoms with van der Waals surface area (Å²) in [5.41, 5.74) is 0.970. The number of methoxy groups -OCH3 is 1. The molecule has 0 unspecified atom stereocenters. The molecule has 0 bridgehead atoms. The van der Waals surface area contributed by atoms with Crippen LogP contribution in [0, 0.1) is 5.92 Å². The Bertz CT molecular complexity index is 775. The first-order valence-corrected chi connectivity index (χ1v) is 8.49. The molecule has 0 saturated carbocycles. The molecule has 0 spiro atoms. The molecule has 0 N–H and O–H groups in total. The van der Waals surface area contributed by atoms with Crippen molar-refractivity contribution in [2.24, 2.45) is 5.92 Å². The van der Waals surface area contributed by atoms with E-state index in [2.05, 4.69) is 0 Å². The van der Waals surface area contributed by atoms with Crippen LogP contribution in [0.1, 0.15) is 36.2 Å². The fourth-order valence-electron chi connectivity index (χ4n) is 3.41. The highest BCUT2D eigenvalue weighted by molar-refractivity contribution is 5.91. The van der Waals surface area contributed by atoms with Crippen LogP contribution in [-0.4, -0.2) is 30.9 Å². The highest BCUT2D eigenvalue weighted by Gasteiger charge is 2.17. The molecule has 0 amide bonds. The lowest BCUT2D eigenvalue weighted by atomic mass is 9.95. The second-order valence-corrected chi connectivity index (χ2v) is 6.25. The molecular formula is C19H23NO4. The van der Waals surface area contributed by atoms with Crippen molar-refractivity contribution >= 4 is 16.9 Å². The molecule has 1 aromatic heterocycles. The Kier molecular flexibility index (Phi) is 5.30. The molecule has 1 saturated heterocycles. The lowest BCUT2D eigenvalue weighted by Gasteiger charge is -2.22. The van der Waals surface area contributed by atoms with Gasteiger partial charge in [-0.15, -0.1) is 0 Å². The number of carbonyl (C=O) groups is 1. The van der Waals surface area contributed by atoms with E-state index in [1.165, 1.54) is 13.2 Å². The van der Waals surface area contributed by atoms with Crippen LogP contribution >= 0.6 is 0 Å². The molecule has 1 fully saturated rings. The van der Waals surface area contributed by atoms with E-state index in [1.54, 1.807) is 6.07 Å². The third-order valence-electron chi connectivity index (χ3n) is 4.75. The van der Waals surface area contributed by atoms with Gasteiger partial charge < -0.3 is 14.0 Å². The molecule has 2 heterocycles. The van der Waals surface area contributed by atoms with Gasteiger partial charge in [0.05, 0.1) is 12.6 Å². The molecule has 1 aliphatic heterocycles. The first-order chi connectivity index (χ1) is 11.7. The van der Waals surface area contributed by atoms with Gasteiger partial charge >= 0.3 is 5.97 Å². The molecule has 5 heteroatoms. The minimum atomic E-state index is -0.469. The van der Waals surface area contributed by atoms with Gasteiger partial charge in [-0.25, -0.2) is 4.79 Å². The first kappa shape index (κ1) is 16.7. The number of aromatic nitrogens is 1. The number of para-hydroxylation sites is 1. The van der Waals surface area contributed by atoms with Crippen molar-refractivity contribution in [2.45, 2.75) is 32.2 Å². The molecule has 3 rings (SSSR count). The van der Waals surface area contributed by atoms with Gasteiger partial charge in [0, 0.05) is 31.2 Å². The number of hydrogen-bond donors (Lipinski definition) is 0. The van der Waals surface area contributed by atoms with Crippen LogP contribution in [0.4, 0.5) is 0 Å². The lowest BCUT2D eigenvalue weighted by molar-refractivity contribution is 0.0585. The molecule has 1 aromatic carbocycles. The number of benzene rings is 1. The molecule has 5 nitrogen and oxygen atoms in total. The van der Waals surface area contributed by atoms with E-state index >= 15 is 0 Å². The third kappa shape index (κ3) is 3.51. The first-order valence-electron chi connectivity index (χ1n) is 8.49. The number of carbonyl (C=O) groups excluding carboxylic acids is 1. The second kappa shape index (κ2) is 7.62. The van der Waals surface area contributed by atoms with Crippen LogP contribution in [0.15, 0.2) is 35.1 Å². The Morgan fingerprint density at radius 3 is 2.79 bits per heavy atom. The standard InChI is InChI=1S/C19H23NO4/c1-23-19(22)17-13-18(21)15-6-2-3-7-16(15)20(17)10-4-5-14-8-11-24-12-9-14/h2-3,6-7,13-14H,4-5,8-12H2,1H3. The van der Waals surface area contributed by atoms with Crippen LogP contribution in [0.2, 0.25) is 0 Å². The van der Waals surface area contributed by atoms with Crippen molar-refractivity contribution in [3.05, 3.63) is 46.2 Å². The van der Waals surface area contributed by atoms with E-state index in [1.807, 2.05) is 22.8 Å². The van der Waals surface area contributed by atoms with Gasteiger partial charge in [-0.3, -0.25) is 4.79 Å². The minimum Gasteiger partial charge on any atom is -0.464 e. The molecule has 2 aromatic rings. The number of hydrogen-bond acceptors (Lipinski definition) is 4. The van der Waals surface area contributed by atoms with E-state index in [-0.39, 0.29) is 5.43 Å². The zero-order chi connectivity index (χ0) is 16.9. The van der Waals surface area contributed by atoms with Crippen LogP contribution in [-0.2, 0) is 16.0 Å². The predicted octanol–water partition coefficient (Wildman–Crippen LogP) is 2.99. The summed E-state index contributed by atoms with van der Waals surface area (Å²) < 4.78 is 12.2. The smallest absolute Gasteiger partial charge is 0.354 e.